The summed E-state index contributed by atoms with van der Waals surface area (Å²) >= 11 is 0. The molecule has 0 bridgehead atoms. The number of benzene rings is 1. The number of likely N-dealkylation sites (tertiary alicyclic amines) is 1. The highest BCUT2D eigenvalue weighted by Crippen LogP contribution is 2.31. The molecule has 162 valence electrons. The van der Waals surface area contributed by atoms with E-state index < -0.39 is 0 Å². The molecule has 1 N–H and O–H groups in total. The molecule has 2 atom stereocenters. The van der Waals surface area contributed by atoms with Crippen LogP contribution in [0.3, 0.4) is 0 Å². The van der Waals surface area contributed by atoms with Crippen LogP contribution >= 0.6 is 0 Å². The second-order valence-electron chi connectivity index (χ2n) is 8.16. The van der Waals surface area contributed by atoms with Gasteiger partial charge in [0.15, 0.2) is 5.96 Å². The largest absolute Gasteiger partial charge is 0.496 e. The predicted octanol–water partition coefficient (Wildman–Crippen LogP) is 3.16. The van der Waals surface area contributed by atoms with Crippen LogP contribution in [0.5, 0.6) is 5.75 Å². The molecule has 2 fully saturated rings. The number of rotatable bonds is 8. The SMILES string of the molecule is CCNC(=NCC(c1ccccc1OC)N1CCCCC1)N(C)CC1CCOC1. The fourth-order valence-corrected chi connectivity index (χ4v) is 4.43. The van der Waals surface area contributed by atoms with Gasteiger partial charge >= 0.3 is 0 Å². The van der Waals surface area contributed by atoms with Crippen molar-refractivity contribution in [3.63, 3.8) is 0 Å². The van der Waals surface area contributed by atoms with Crippen LogP contribution in [0.2, 0.25) is 0 Å². The second-order valence-corrected chi connectivity index (χ2v) is 8.16. The maximum atomic E-state index is 5.69. The number of ether oxygens (including phenoxy) is 2. The van der Waals surface area contributed by atoms with Crippen molar-refractivity contribution in [1.29, 1.82) is 0 Å². The summed E-state index contributed by atoms with van der Waals surface area (Å²) in [6, 6.07) is 8.65. The van der Waals surface area contributed by atoms with Gasteiger partial charge in [0.2, 0.25) is 0 Å². The van der Waals surface area contributed by atoms with Crippen LogP contribution in [0, 0.1) is 5.92 Å². The van der Waals surface area contributed by atoms with Gasteiger partial charge in [-0.25, -0.2) is 0 Å². The van der Waals surface area contributed by atoms with Crippen LogP contribution in [0.15, 0.2) is 29.3 Å². The Labute approximate surface area is 176 Å². The lowest BCUT2D eigenvalue weighted by Crippen LogP contribution is -2.42. The lowest BCUT2D eigenvalue weighted by atomic mass is 10.0. The van der Waals surface area contributed by atoms with Gasteiger partial charge in [-0.15, -0.1) is 0 Å². The van der Waals surface area contributed by atoms with E-state index in [-0.39, 0.29) is 6.04 Å². The molecule has 6 heteroatoms. The van der Waals surface area contributed by atoms with Crippen molar-refractivity contribution in [2.75, 3.05) is 60.1 Å². The summed E-state index contributed by atoms with van der Waals surface area (Å²) in [6.45, 7) is 8.72. The zero-order chi connectivity index (χ0) is 20.5. The molecule has 0 radical (unpaired) electrons. The van der Waals surface area contributed by atoms with E-state index in [0.717, 1.165) is 64.1 Å². The zero-order valence-electron chi connectivity index (χ0n) is 18.4. The maximum absolute atomic E-state index is 5.69. The van der Waals surface area contributed by atoms with E-state index in [1.807, 2.05) is 6.07 Å². The smallest absolute Gasteiger partial charge is 0.193 e. The van der Waals surface area contributed by atoms with E-state index in [1.54, 1.807) is 7.11 Å². The Morgan fingerprint density at radius 2 is 2.10 bits per heavy atom. The van der Waals surface area contributed by atoms with E-state index in [2.05, 4.69) is 47.3 Å². The molecule has 6 nitrogen and oxygen atoms in total. The van der Waals surface area contributed by atoms with E-state index in [1.165, 1.54) is 24.8 Å². The third kappa shape index (κ3) is 6.09. The Balaban J connectivity index is 1.78. The summed E-state index contributed by atoms with van der Waals surface area (Å²) in [5, 5.41) is 3.48. The molecule has 2 aliphatic rings. The molecule has 0 amide bonds. The molecule has 29 heavy (non-hydrogen) atoms. The molecule has 0 spiro atoms. The number of guanidine groups is 1. The average molecular weight is 403 g/mol. The molecule has 2 saturated heterocycles. The number of methoxy groups -OCH3 is 1. The molecule has 0 aliphatic carbocycles. The Bertz CT molecular complexity index is 640. The molecular weight excluding hydrogens is 364 g/mol. The number of hydrogen-bond acceptors (Lipinski definition) is 4. The third-order valence-corrected chi connectivity index (χ3v) is 6.00. The highest BCUT2D eigenvalue weighted by Gasteiger charge is 2.25. The number of nitrogens with one attached hydrogen (secondary N) is 1. The van der Waals surface area contributed by atoms with Crippen molar-refractivity contribution in [1.82, 2.24) is 15.1 Å². The minimum absolute atomic E-state index is 0.239. The van der Waals surface area contributed by atoms with Gasteiger partial charge in [0.05, 0.1) is 26.3 Å². The maximum Gasteiger partial charge on any atom is 0.193 e. The second kappa shape index (κ2) is 11.4. The van der Waals surface area contributed by atoms with Gasteiger partial charge in [-0.2, -0.15) is 0 Å². The highest BCUT2D eigenvalue weighted by molar-refractivity contribution is 5.79. The van der Waals surface area contributed by atoms with E-state index >= 15 is 0 Å². The summed E-state index contributed by atoms with van der Waals surface area (Å²) in [5.74, 6) is 2.53. The number of nitrogens with zero attached hydrogens (tertiary/aromatic N) is 3. The van der Waals surface area contributed by atoms with Crippen LogP contribution in [0.25, 0.3) is 0 Å². The number of para-hydroxylation sites is 1. The molecule has 2 aliphatic heterocycles. The first-order chi connectivity index (χ1) is 14.2. The van der Waals surface area contributed by atoms with Crippen LogP contribution in [0.4, 0.5) is 0 Å². The fraction of sp³-hybridized carbons (Fsp3) is 0.696. The van der Waals surface area contributed by atoms with Crippen molar-refractivity contribution in [3.05, 3.63) is 29.8 Å². The molecule has 2 unspecified atom stereocenters. The molecule has 2 heterocycles. The first kappa shape index (κ1) is 21.9. The first-order valence-electron chi connectivity index (χ1n) is 11.2. The number of aliphatic imine (C=N–C) groups is 1. The van der Waals surface area contributed by atoms with E-state index in [4.69, 9.17) is 14.5 Å². The normalized spacial score (nSPS) is 21.8. The van der Waals surface area contributed by atoms with E-state index in [9.17, 15) is 0 Å². The Hall–Kier alpha value is -1.79. The minimum atomic E-state index is 0.239. The minimum Gasteiger partial charge on any atom is -0.496 e. The fourth-order valence-electron chi connectivity index (χ4n) is 4.43. The van der Waals surface area contributed by atoms with Crippen molar-refractivity contribution < 1.29 is 9.47 Å². The van der Waals surface area contributed by atoms with Gasteiger partial charge in [0.1, 0.15) is 5.75 Å². The lowest BCUT2D eigenvalue weighted by Gasteiger charge is -2.35. The Morgan fingerprint density at radius 1 is 1.31 bits per heavy atom. The van der Waals surface area contributed by atoms with Gasteiger partial charge < -0.3 is 19.7 Å². The van der Waals surface area contributed by atoms with Crippen molar-refractivity contribution >= 4 is 5.96 Å². The summed E-state index contributed by atoms with van der Waals surface area (Å²) in [4.78, 5) is 9.92. The van der Waals surface area contributed by atoms with Crippen molar-refractivity contribution in [3.8, 4) is 5.75 Å². The highest BCUT2D eigenvalue weighted by atomic mass is 16.5. The molecule has 3 rings (SSSR count). The average Bonchev–Trinajstić information content (AvgIpc) is 3.27. The van der Waals surface area contributed by atoms with Gasteiger partial charge in [-0.05, 0) is 45.3 Å². The zero-order valence-corrected chi connectivity index (χ0v) is 18.4. The van der Waals surface area contributed by atoms with Crippen molar-refractivity contribution in [2.45, 2.75) is 38.6 Å². The quantitative estimate of drug-likeness (QED) is 0.535. The van der Waals surface area contributed by atoms with Gasteiger partial charge in [-0.3, -0.25) is 9.89 Å². The molecule has 0 aromatic heterocycles. The van der Waals surface area contributed by atoms with Crippen molar-refractivity contribution in [2.24, 2.45) is 10.9 Å². The third-order valence-electron chi connectivity index (χ3n) is 6.00. The molecule has 0 saturated carbocycles. The lowest BCUT2D eigenvalue weighted by molar-refractivity contribution is 0.164. The number of hydrogen-bond donors (Lipinski definition) is 1. The van der Waals surface area contributed by atoms with Gasteiger partial charge in [0, 0.05) is 38.2 Å². The van der Waals surface area contributed by atoms with Crippen LogP contribution < -0.4 is 10.1 Å². The Kier molecular flexibility index (Phi) is 8.62. The van der Waals surface area contributed by atoms with Crippen LogP contribution in [-0.2, 0) is 4.74 Å². The predicted molar refractivity (Wildman–Crippen MR) is 119 cm³/mol. The summed E-state index contributed by atoms with van der Waals surface area (Å²) in [7, 11) is 3.90. The van der Waals surface area contributed by atoms with Gasteiger partial charge in [-0.1, -0.05) is 24.6 Å². The summed E-state index contributed by atoms with van der Waals surface area (Å²) < 4.78 is 11.2. The topological polar surface area (TPSA) is 49.3 Å². The summed E-state index contributed by atoms with van der Waals surface area (Å²) in [6.07, 6.45) is 4.99. The standard InChI is InChI=1S/C23H38N4O2/c1-4-24-23(26(2)17-19-12-15-29-18-19)25-16-21(27-13-8-5-9-14-27)20-10-6-7-11-22(20)28-3/h6-7,10-11,19,21H,4-5,8-9,12-18H2,1-3H3,(H,24,25). The Morgan fingerprint density at radius 3 is 2.79 bits per heavy atom. The monoisotopic (exact) mass is 402 g/mol. The van der Waals surface area contributed by atoms with Crippen LogP contribution in [-0.4, -0.2) is 75.9 Å². The molecule has 1 aromatic rings. The number of piperidine rings is 1. The molecular formula is C23H38N4O2. The summed E-state index contributed by atoms with van der Waals surface area (Å²) in [5.41, 5.74) is 1.24. The molecule has 1 aromatic carbocycles. The first-order valence-corrected chi connectivity index (χ1v) is 11.2. The van der Waals surface area contributed by atoms with Gasteiger partial charge in [0.25, 0.3) is 0 Å². The van der Waals surface area contributed by atoms with Crippen LogP contribution in [0.1, 0.15) is 44.2 Å². The van der Waals surface area contributed by atoms with E-state index in [0.29, 0.717) is 5.92 Å².